The molecule has 0 spiro atoms. The number of rotatable bonds is 7. The first-order chi connectivity index (χ1) is 13.4. The van der Waals surface area contributed by atoms with Gasteiger partial charge < -0.3 is 14.1 Å². The van der Waals surface area contributed by atoms with Gasteiger partial charge in [-0.05, 0) is 50.6 Å². The second-order valence-electron chi connectivity index (χ2n) is 5.94. The zero-order valence-electron chi connectivity index (χ0n) is 15.5. The lowest BCUT2D eigenvalue weighted by Gasteiger charge is -2.02. The number of ketones is 1. The second-order valence-corrected chi connectivity index (χ2v) is 6.86. The van der Waals surface area contributed by atoms with Crippen LogP contribution in [0.15, 0.2) is 33.9 Å². The van der Waals surface area contributed by atoms with Gasteiger partial charge >= 0.3 is 5.97 Å². The summed E-state index contributed by atoms with van der Waals surface area (Å²) < 4.78 is 23.5. The second kappa shape index (κ2) is 8.39. The highest BCUT2D eigenvalue weighted by atomic mass is 32.2. The van der Waals surface area contributed by atoms with Gasteiger partial charge in [-0.2, -0.15) is 0 Å². The molecule has 1 N–H and O–H groups in total. The SMILES string of the molecule is CCOC(=O)c1c(C)[nH]c(C(=O)CSc2nnc(-c3ccc(F)cc3)o2)c1C. The van der Waals surface area contributed by atoms with Crippen LogP contribution in [0.4, 0.5) is 4.39 Å². The van der Waals surface area contributed by atoms with Crippen LogP contribution in [0.1, 0.15) is 39.0 Å². The van der Waals surface area contributed by atoms with Crippen LogP contribution in [0.25, 0.3) is 11.5 Å². The highest BCUT2D eigenvalue weighted by Gasteiger charge is 2.23. The third kappa shape index (κ3) is 4.14. The number of hydrogen-bond acceptors (Lipinski definition) is 7. The van der Waals surface area contributed by atoms with Crippen molar-refractivity contribution in [1.29, 1.82) is 0 Å². The number of aromatic amines is 1. The molecule has 0 saturated carbocycles. The van der Waals surface area contributed by atoms with Gasteiger partial charge in [-0.15, -0.1) is 10.2 Å². The number of carbonyl (C=O) groups is 2. The van der Waals surface area contributed by atoms with Crippen molar-refractivity contribution in [2.75, 3.05) is 12.4 Å². The highest BCUT2D eigenvalue weighted by Crippen LogP contribution is 2.25. The minimum atomic E-state index is -0.457. The summed E-state index contributed by atoms with van der Waals surface area (Å²) in [5, 5.41) is 8.02. The van der Waals surface area contributed by atoms with E-state index in [2.05, 4.69) is 15.2 Å². The number of H-pyrrole nitrogens is 1. The Bertz CT molecular complexity index is 1010. The summed E-state index contributed by atoms with van der Waals surface area (Å²) in [4.78, 5) is 27.6. The van der Waals surface area contributed by atoms with Crippen molar-refractivity contribution < 1.29 is 23.1 Å². The van der Waals surface area contributed by atoms with Gasteiger partial charge in [-0.3, -0.25) is 4.79 Å². The Balaban J connectivity index is 1.69. The van der Waals surface area contributed by atoms with E-state index in [1.807, 2.05) is 0 Å². The normalized spacial score (nSPS) is 10.9. The van der Waals surface area contributed by atoms with Crippen LogP contribution in [-0.2, 0) is 4.74 Å². The molecule has 3 rings (SSSR count). The summed E-state index contributed by atoms with van der Waals surface area (Å²) in [6.07, 6.45) is 0. The van der Waals surface area contributed by atoms with Gasteiger partial charge in [0.1, 0.15) is 5.82 Å². The molecule has 2 aromatic heterocycles. The molecule has 7 nitrogen and oxygen atoms in total. The number of aryl methyl sites for hydroxylation is 1. The van der Waals surface area contributed by atoms with Crippen molar-refractivity contribution in [3.63, 3.8) is 0 Å². The monoisotopic (exact) mass is 403 g/mol. The minimum Gasteiger partial charge on any atom is -0.462 e. The summed E-state index contributed by atoms with van der Waals surface area (Å²) in [5.41, 5.74) is 2.46. The number of nitrogens with one attached hydrogen (secondary N) is 1. The van der Waals surface area contributed by atoms with Crippen LogP contribution in [0.5, 0.6) is 0 Å². The number of carbonyl (C=O) groups excluding carboxylic acids is 2. The predicted octanol–water partition coefficient (Wildman–Crippen LogP) is 3.97. The molecular formula is C19H18FN3O4S. The van der Waals surface area contributed by atoms with Crippen molar-refractivity contribution in [3.8, 4) is 11.5 Å². The van der Waals surface area contributed by atoms with Crippen molar-refractivity contribution in [3.05, 3.63) is 52.6 Å². The molecule has 0 unspecified atom stereocenters. The smallest absolute Gasteiger partial charge is 0.340 e. The van der Waals surface area contributed by atoms with Crippen LogP contribution >= 0.6 is 11.8 Å². The molecule has 0 fully saturated rings. The van der Waals surface area contributed by atoms with Crippen molar-refractivity contribution in [1.82, 2.24) is 15.2 Å². The molecule has 0 atom stereocenters. The molecule has 1 aromatic carbocycles. The highest BCUT2D eigenvalue weighted by molar-refractivity contribution is 7.99. The first-order valence-electron chi connectivity index (χ1n) is 8.52. The van der Waals surface area contributed by atoms with Crippen molar-refractivity contribution >= 4 is 23.5 Å². The van der Waals surface area contributed by atoms with Gasteiger partial charge in [-0.25, -0.2) is 9.18 Å². The topological polar surface area (TPSA) is 98.1 Å². The van der Waals surface area contributed by atoms with Gasteiger partial charge in [0.05, 0.1) is 23.6 Å². The molecule has 0 aliphatic carbocycles. The number of esters is 1. The number of ether oxygens (including phenoxy) is 1. The molecule has 2 heterocycles. The molecule has 3 aromatic rings. The van der Waals surface area contributed by atoms with Gasteiger partial charge in [0.15, 0.2) is 5.78 Å². The maximum absolute atomic E-state index is 13.0. The van der Waals surface area contributed by atoms with Gasteiger partial charge in [0, 0.05) is 11.3 Å². The number of halogens is 1. The van der Waals surface area contributed by atoms with Crippen molar-refractivity contribution in [2.24, 2.45) is 0 Å². The third-order valence-corrected chi connectivity index (χ3v) is 4.84. The molecule has 0 amide bonds. The Morgan fingerprint density at radius 3 is 2.61 bits per heavy atom. The molecule has 9 heteroatoms. The van der Waals surface area contributed by atoms with Crippen LogP contribution < -0.4 is 0 Å². The summed E-state index contributed by atoms with van der Waals surface area (Å²) in [7, 11) is 0. The van der Waals surface area contributed by atoms with Crippen LogP contribution in [-0.4, -0.2) is 39.3 Å². The lowest BCUT2D eigenvalue weighted by Crippen LogP contribution is -2.08. The number of aromatic nitrogens is 3. The van der Waals surface area contributed by atoms with E-state index in [0.717, 1.165) is 11.8 Å². The Kier molecular flexibility index (Phi) is 5.93. The molecule has 0 aliphatic rings. The van der Waals surface area contributed by atoms with Crippen LogP contribution in [0.3, 0.4) is 0 Å². The first-order valence-corrected chi connectivity index (χ1v) is 9.51. The summed E-state index contributed by atoms with van der Waals surface area (Å²) >= 11 is 1.08. The number of Topliss-reactive ketones (excluding diaryl/α,β-unsaturated/α-hetero) is 1. The fourth-order valence-electron chi connectivity index (χ4n) is 2.71. The summed E-state index contributed by atoms with van der Waals surface area (Å²) in [5.74, 6) is -0.730. The van der Waals surface area contributed by atoms with E-state index in [0.29, 0.717) is 28.1 Å². The van der Waals surface area contributed by atoms with E-state index in [-0.39, 0.29) is 35.1 Å². The molecule has 146 valence electrons. The quantitative estimate of drug-likeness (QED) is 0.362. The van der Waals surface area contributed by atoms with Gasteiger partial charge in [-0.1, -0.05) is 11.8 Å². The largest absolute Gasteiger partial charge is 0.462 e. The Labute approximate surface area is 164 Å². The van der Waals surface area contributed by atoms with E-state index >= 15 is 0 Å². The Hall–Kier alpha value is -2.94. The van der Waals surface area contributed by atoms with E-state index < -0.39 is 5.97 Å². The van der Waals surface area contributed by atoms with Gasteiger partial charge in [0.2, 0.25) is 5.89 Å². The third-order valence-electron chi connectivity index (χ3n) is 4.02. The molecule has 0 aliphatic heterocycles. The summed E-state index contributed by atoms with van der Waals surface area (Å²) in [6.45, 7) is 5.40. The predicted molar refractivity (Wildman–Crippen MR) is 101 cm³/mol. The number of hydrogen-bond donors (Lipinski definition) is 1. The number of thioether (sulfide) groups is 1. The maximum Gasteiger partial charge on any atom is 0.340 e. The van der Waals surface area contributed by atoms with Crippen LogP contribution in [0.2, 0.25) is 0 Å². The fourth-order valence-corrected chi connectivity index (χ4v) is 3.35. The van der Waals surface area contributed by atoms with Crippen LogP contribution in [0, 0.1) is 19.7 Å². The molecule has 28 heavy (non-hydrogen) atoms. The standard InChI is InChI=1S/C19H18FN3O4S/c1-4-26-18(25)15-10(2)16(21-11(15)3)14(24)9-28-19-23-22-17(27-19)12-5-7-13(20)8-6-12/h5-8,21H,4,9H2,1-3H3. The minimum absolute atomic E-state index is 0.0497. The summed E-state index contributed by atoms with van der Waals surface area (Å²) in [6, 6.07) is 5.66. The molecule has 0 saturated heterocycles. The van der Waals surface area contributed by atoms with E-state index in [1.54, 1.807) is 20.8 Å². The van der Waals surface area contributed by atoms with E-state index in [9.17, 15) is 14.0 Å². The lowest BCUT2D eigenvalue weighted by atomic mass is 10.1. The van der Waals surface area contributed by atoms with Gasteiger partial charge in [0.25, 0.3) is 5.22 Å². The molecule has 0 bridgehead atoms. The average molecular weight is 403 g/mol. The van der Waals surface area contributed by atoms with E-state index in [1.165, 1.54) is 24.3 Å². The molecular weight excluding hydrogens is 385 g/mol. The zero-order chi connectivity index (χ0) is 20.3. The average Bonchev–Trinajstić information content (AvgIpc) is 3.25. The fraction of sp³-hybridized carbons (Fsp3) is 0.263. The first kappa shape index (κ1) is 19.8. The maximum atomic E-state index is 13.0. The number of nitrogens with zero attached hydrogens (tertiary/aromatic N) is 2. The molecule has 0 radical (unpaired) electrons. The zero-order valence-corrected chi connectivity index (χ0v) is 16.4. The Morgan fingerprint density at radius 2 is 1.93 bits per heavy atom. The van der Waals surface area contributed by atoms with Crippen molar-refractivity contribution in [2.45, 2.75) is 26.0 Å². The van der Waals surface area contributed by atoms with E-state index in [4.69, 9.17) is 9.15 Å². The lowest BCUT2D eigenvalue weighted by molar-refractivity contribution is 0.0525. The number of benzene rings is 1. The Morgan fingerprint density at radius 1 is 1.21 bits per heavy atom.